The molecule has 0 aromatic carbocycles. The van der Waals surface area contributed by atoms with E-state index < -0.39 is 0 Å². The maximum atomic E-state index is 9.55. The van der Waals surface area contributed by atoms with Gasteiger partial charge in [-0.3, -0.25) is 0 Å². The maximum absolute atomic E-state index is 9.55. The van der Waals surface area contributed by atoms with Crippen molar-refractivity contribution >= 4 is 11.3 Å². The zero-order chi connectivity index (χ0) is 11.3. The van der Waals surface area contributed by atoms with Crippen LogP contribution >= 0.6 is 11.3 Å². The summed E-state index contributed by atoms with van der Waals surface area (Å²) >= 11 is 1.40. The molecule has 1 unspecified atom stereocenters. The lowest BCUT2D eigenvalue weighted by molar-refractivity contribution is 0.416. The lowest BCUT2D eigenvalue weighted by Gasteiger charge is -1.95. The van der Waals surface area contributed by atoms with Gasteiger partial charge in [-0.15, -0.1) is 11.3 Å². The van der Waals surface area contributed by atoms with Crippen molar-refractivity contribution in [2.75, 3.05) is 0 Å². The van der Waals surface area contributed by atoms with Crippen LogP contribution in [0.4, 0.5) is 0 Å². The van der Waals surface area contributed by atoms with Crippen LogP contribution in [0, 0.1) is 5.41 Å². The molecular weight excluding hydrogens is 224 g/mol. The average molecular weight is 236 g/mol. The number of aromatic nitrogens is 2. The van der Waals surface area contributed by atoms with E-state index in [1.807, 2.05) is 0 Å². The Hall–Kier alpha value is -1.36. The minimum atomic E-state index is 0.204. The lowest BCUT2D eigenvalue weighted by atomic mass is 10.1. The molecule has 84 valence electrons. The summed E-state index contributed by atoms with van der Waals surface area (Å²) in [6.07, 6.45) is 1.10. The van der Waals surface area contributed by atoms with Crippen molar-refractivity contribution in [3.63, 3.8) is 0 Å². The minimum absolute atomic E-state index is 0.204. The summed E-state index contributed by atoms with van der Waals surface area (Å²) in [5, 5.41) is 15.3. The molecule has 1 aliphatic carbocycles. The smallest absolute Gasteiger partial charge is 0.271 e. The van der Waals surface area contributed by atoms with Crippen LogP contribution in [0.1, 0.15) is 32.0 Å². The van der Waals surface area contributed by atoms with E-state index in [0.717, 1.165) is 12.2 Å². The van der Waals surface area contributed by atoms with Crippen LogP contribution in [-0.4, -0.2) is 15.2 Å². The van der Waals surface area contributed by atoms with Crippen LogP contribution < -0.4 is 0 Å². The van der Waals surface area contributed by atoms with E-state index in [1.165, 1.54) is 11.3 Å². The van der Waals surface area contributed by atoms with Gasteiger partial charge in [-0.2, -0.15) is 4.98 Å². The summed E-state index contributed by atoms with van der Waals surface area (Å²) in [4.78, 5) is 4.99. The molecule has 1 aliphatic rings. The Morgan fingerprint density at radius 3 is 2.88 bits per heavy atom. The molecule has 1 fully saturated rings. The summed E-state index contributed by atoms with van der Waals surface area (Å²) in [6.45, 7) is 4.38. The van der Waals surface area contributed by atoms with Gasteiger partial charge in [0.25, 0.3) is 5.89 Å². The Labute approximate surface area is 96.9 Å². The molecule has 1 atom stereocenters. The van der Waals surface area contributed by atoms with Gasteiger partial charge >= 0.3 is 0 Å². The Bertz CT molecular complexity index is 530. The summed E-state index contributed by atoms with van der Waals surface area (Å²) in [7, 11) is 0. The third kappa shape index (κ3) is 1.43. The molecular formula is C11H12N2O2S. The predicted molar refractivity (Wildman–Crippen MR) is 60.4 cm³/mol. The topological polar surface area (TPSA) is 59.2 Å². The summed E-state index contributed by atoms with van der Waals surface area (Å²) in [5.74, 6) is 1.78. The fourth-order valence-electron chi connectivity index (χ4n) is 1.84. The summed E-state index contributed by atoms with van der Waals surface area (Å²) in [6, 6.07) is 1.63. The lowest BCUT2D eigenvalue weighted by Crippen LogP contribution is -1.91. The molecule has 0 spiro atoms. The van der Waals surface area contributed by atoms with E-state index in [-0.39, 0.29) is 5.75 Å². The highest BCUT2D eigenvalue weighted by molar-refractivity contribution is 7.13. The number of thiophene rings is 1. The first-order valence-electron chi connectivity index (χ1n) is 5.18. The van der Waals surface area contributed by atoms with E-state index in [9.17, 15) is 5.11 Å². The SMILES string of the molecule is CC1(C)CC1c1noc(-c2sccc2O)n1. The molecule has 2 heterocycles. The first-order chi connectivity index (χ1) is 7.58. The number of nitrogens with zero attached hydrogens (tertiary/aromatic N) is 2. The van der Waals surface area contributed by atoms with Crippen LogP contribution in [0.3, 0.4) is 0 Å². The van der Waals surface area contributed by atoms with Crippen LogP contribution in [0.25, 0.3) is 10.8 Å². The van der Waals surface area contributed by atoms with Crippen LogP contribution in [0.5, 0.6) is 5.75 Å². The summed E-state index contributed by atoms with van der Waals surface area (Å²) < 4.78 is 5.17. The molecule has 16 heavy (non-hydrogen) atoms. The van der Waals surface area contributed by atoms with Crippen molar-refractivity contribution in [3.8, 4) is 16.5 Å². The largest absolute Gasteiger partial charge is 0.506 e. The third-order valence-corrected chi connectivity index (χ3v) is 4.00. The van der Waals surface area contributed by atoms with Crippen LogP contribution in [0.2, 0.25) is 0 Å². The van der Waals surface area contributed by atoms with E-state index in [2.05, 4.69) is 24.0 Å². The van der Waals surface area contributed by atoms with E-state index in [4.69, 9.17) is 4.52 Å². The second-order valence-corrected chi connectivity index (χ2v) is 5.75. The molecule has 0 amide bonds. The molecule has 0 saturated heterocycles. The normalized spacial score (nSPS) is 22.2. The van der Waals surface area contributed by atoms with E-state index in [1.54, 1.807) is 11.4 Å². The highest BCUT2D eigenvalue weighted by Gasteiger charge is 2.49. The monoisotopic (exact) mass is 236 g/mol. The van der Waals surface area contributed by atoms with E-state index >= 15 is 0 Å². The number of hydrogen-bond acceptors (Lipinski definition) is 5. The van der Waals surface area contributed by atoms with Gasteiger partial charge in [-0.1, -0.05) is 19.0 Å². The first kappa shape index (κ1) is 9.84. The van der Waals surface area contributed by atoms with Gasteiger partial charge in [0.05, 0.1) is 0 Å². The molecule has 0 radical (unpaired) electrons. The van der Waals surface area contributed by atoms with E-state index in [0.29, 0.717) is 22.1 Å². The Kier molecular flexibility index (Phi) is 1.89. The molecule has 3 rings (SSSR count). The number of aromatic hydroxyl groups is 1. The highest BCUT2D eigenvalue weighted by atomic mass is 32.1. The van der Waals surface area contributed by atoms with Crippen molar-refractivity contribution in [3.05, 3.63) is 17.3 Å². The highest BCUT2D eigenvalue weighted by Crippen LogP contribution is 2.57. The molecule has 2 aromatic heterocycles. The van der Waals surface area contributed by atoms with Gasteiger partial charge in [-0.05, 0) is 23.3 Å². The van der Waals surface area contributed by atoms with Gasteiger partial charge in [0, 0.05) is 5.92 Å². The van der Waals surface area contributed by atoms with Crippen molar-refractivity contribution in [2.24, 2.45) is 5.41 Å². The molecule has 0 aliphatic heterocycles. The van der Waals surface area contributed by atoms with Crippen molar-refractivity contribution in [2.45, 2.75) is 26.2 Å². The molecule has 1 N–H and O–H groups in total. The Morgan fingerprint density at radius 1 is 1.56 bits per heavy atom. The average Bonchev–Trinajstić information content (AvgIpc) is 2.67. The van der Waals surface area contributed by atoms with Crippen molar-refractivity contribution in [1.82, 2.24) is 10.1 Å². The zero-order valence-corrected chi connectivity index (χ0v) is 9.91. The molecule has 4 nitrogen and oxygen atoms in total. The first-order valence-corrected chi connectivity index (χ1v) is 6.06. The van der Waals surface area contributed by atoms with Gasteiger partial charge in [0.15, 0.2) is 5.82 Å². The molecule has 0 bridgehead atoms. The Morgan fingerprint density at radius 2 is 2.31 bits per heavy atom. The zero-order valence-electron chi connectivity index (χ0n) is 9.10. The molecule has 2 aromatic rings. The summed E-state index contributed by atoms with van der Waals surface area (Å²) in [5.41, 5.74) is 0.290. The van der Waals surface area contributed by atoms with Gasteiger partial charge in [0.1, 0.15) is 10.6 Å². The Balaban J connectivity index is 1.92. The van der Waals surface area contributed by atoms with Gasteiger partial charge < -0.3 is 9.63 Å². The van der Waals surface area contributed by atoms with Crippen molar-refractivity contribution < 1.29 is 9.63 Å². The molecule has 1 saturated carbocycles. The number of hydrogen-bond donors (Lipinski definition) is 1. The standard InChI is InChI=1S/C11H12N2O2S/c1-11(2)5-6(11)9-12-10(15-13-9)8-7(14)3-4-16-8/h3-4,6,14H,5H2,1-2H3. The van der Waals surface area contributed by atoms with Crippen LogP contribution in [0.15, 0.2) is 16.0 Å². The maximum Gasteiger partial charge on any atom is 0.271 e. The second-order valence-electron chi connectivity index (χ2n) is 4.84. The van der Waals surface area contributed by atoms with Crippen molar-refractivity contribution in [1.29, 1.82) is 0 Å². The van der Waals surface area contributed by atoms with Crippen LogP contribution in [-0.2, 0) is 0 Å². The quantitative estimate of drug-likeness (QED) is 0.870. The second kappa shape index (κ2) is 3.07. The molecule has 5 heteroatoms. The number of rotatable bonds is 2. The predicted octanol–water partition coefficient (Wildman–Crippen LogP) is 3.02. The fraction of sp³-hybridized carbons (Fsp3) is 0.455. The van der Waals surface area contributed by atoms with Gasteiger partial charge in [0.2, 0.25) is 0 Å². The van der Waals surface area contributed by atoms with Gasteiger partial charge in [-0.25, -0.2) is 0 Å². The minimum Gasteiger partial charge on any atom is -0.506 e. The third-order valence-electron chi connectivity index (χ3n) is 3.11. The fourth-order valence-corrected chi connectivity index (χ4v) is 2.54.